The maximum Gasteiger partial charge on any atom is 0.142 e. The Kier molecular flexibility index (Phi) is 3.62. The number of aromatic nitrogens is 5. The second kappa shape index (κ2) is 6.03. The highest BCUT2D eigenvalue weighted by molar-refractivity contribution is 9.10. The van der Waals surface area contributed by atoms with Crippen molar-refractivity contribution in [3.05, 3.63) is 76.8 Å². The molecule has 5 aromatic rings. The van der Waals surface area contributed by atoms with Crippen LogP contribution in [0.2, 0.25) is 0 Å². The van der Waals surface area contributed by atoms with Gasteiger partial charge in [0, 0.05) is 4.47 Å². The molecule has 0 radical (unpaired) electrons. The van der Waals surface area contributed by atoms with Crippen LogP contribution in [0, 0.1) is 13.8 Å². The Morgan fingerprint density at radius 3 is 1.59 bits per heavy atom. The van der Waals surface area contributed by atoms with Gasteiger partial charge >= 0.3 is 0 Å². The first-order valence-electron chi connectivity index (χ1n) is 8.68. The SMILES string of the molecule is Cc1nc2ccccc2n1-c1cc(Br)cc(-n2c(C)nc3ccccc32)n1. The molecule has 0 spiro atoms. The molecule has 0 saturated heterocycles. The summed E-state index contributed by atoms with van der Waals surface area (Å²) in [6.07, 6.45) is 0. The average molecular weight is 418 g/mol. The van der Waals surface area contributed by atoms with Crippen LogP contribution in [0.15, 0.2) is 65.1 Å². The predicted octanol–water partition coefficient (Wildman–Crippen LogP) is 5.14. The van der Waals surface area contributed by atoms with Crippen molar-refractivity contribution in [1.29, 1.82) is 0 Å². The predicted molar refractivity (Wildman–Crippen MR) is 111 cm³/mol. The van der Waals surface area contributed by atoms with Crippen molar-refractivity contribution in [2.24, 2.45) is 0 Å². The van der Waals surface area contributed by atoms with Gasteiger partial charge in [-0.15, -0.1) is 0 Å². The molecule has 3 aromatic heterocycles. The second-order valence-electron chi connectivity index (χ2n) is 6.47. The molecule has 0 unspecified atom stereocenters. The zero-order chi connectivity index (χ0) is 18.5. The Bertz CT molecular complexity index is 1220. The summed E-state index contributed by atoms with van der Waals surface area (Å²) in [4.78, 5) is 14.3. The summed E-state index contributed by atoms with van der Waals surface area (Å²) in [6.45, 7) is 4.00. The van der Waals surface area contributed by atoms with Gasteiger partial charge in [-0.05, 0) is 50.2 Å². The molecule has 27 heavy (non-hydrogen) atoms. The minimum Gasteiger partial charge on any atom is -0.280 e. The van der Waals surface area contributed by atoms with Gasteiger partial charge in [-0.1, -0.05) is 40.2 Å². The van der Waals surface area contributed by atoms with Gasteiger partial charge in [0.15, 0.2) is 0 Å². The maximum atomic E-state index is 4.96. The minimum atomic E-state index is 0.822. The summed E-state index contributed by atoms with van der Waals surface area (Å²) in [5.41, 5.74) is 4.00. The van der Waals surface area contributed by atoms with Crippen molar-refractivity contribution in [3.63, 3.8) is 0 Å². The molecule has 6 heteroatoms. The molecule has 0 bridgehead atoms. The van der Waals surface area contributed by atoms with Crippen LogP contribution in [0.3, 0.4) is 0 Å². The summed E-state index contributed by atoms with van der Waals surface area (Å²) in [5.74, 6) is 3.45. The van der Waals surface area contributed by atoms with Gasteiger partial charge in [0.1, 0.15) is 23.3 Å². The van der Waals surface area contributed by atoms with E-state index in [0.29, 0.717) is 0 Å². The summed E-state index contributed by atoms with van der Waals surface area (Å²) >= 11 is 3.65. The summed E-state index contributed by atoms with van der Waals surface area (Å²) in [5, 5.41) is 0. The number of aryl methyl sites for hydroxylation is 2. The number of pyridine rings is 1. The summed E-state index contributed by atoms with van der Waals surface area (Å²) in [6, 6.07) is 20.2. The largest absolute Gasteiger partial charge is 0.280 e. The molecule has 0 aliphatic carbocycles. The van der Waals surface area contributed by atoms with E-state index < -0.39 is 0 Å². The van der Waals surface area contributed by atoms with E-state index in [9.17, 15) is 0 Å². The first kappa shape index (κ1) is 16.2. The van der Waals surface area contributed by atoms with Gasteiger partial charge in [-0.3, -0.25) is 9.13 Å². The van der Waals surface area contributed by atoms with Crippen molar-refractivity contribution in [2.75, 3.05) is 0 Å². The highest BCUT2D eigenvalue weighted by Gasteiger charge is 2.15. The molecule has 0 saturated carbocycles. The number of rotatable bonds is 2. The van der Waals surface area contributed by atoms with Crippen molar-refractivity contribution >= 4 is 38.0 Å². The normalized spacial score (nSPS) is 11.5. The van der Waals surface area contributed by atoms with Crippen LogP contribution in [0.5, 0.6) is 0 Å². The third-order valence-corrected chi connectivity index (χ3v) is 5.14. The zero-order valence-electron chi connectivity index (χ0n) is 14.9. The molecule has 0 aliphatic heterocycles. The number of hydrogen-bond acceptors (Lipinski definition) is 3. The van der Waals surface area contributed by atoms with Crippen LogP contribution in [-0.4, -0.2) is 24.1 Å². The number of hydrogen-bond donors (Lipinski definition) is 0. The molecule has 0 atom stereocenters. The van der Waals surface area contributed by atoms with Gasteiger partial charge in [-0.25, -0.2) is 15.0 Å². The molecule has 0 fully saturated rings. The van der Waals surface area contributed by atoms with Crippen LogP contribution in [0.1, 0.15) is 11.6 Å². The summed E-state index contributed by atoms with van der Waals surface area (Å²) in [7, 11) is 0. The Labute approximate surface area is 164 Å². The Hall–Kier alpha value is -2.99. The van der Waals surface area contributed by atoms with Crippen LogP contribution in [0.4, 0.5) is 0 Å². The molecule has 5 rings (SSSR count). The standard InChI is InChI=1S/C21H16BrN5/c1-13-23-16-7-3-5-9-18(16)26(13)20-11-15(22)12-21(25-20)27-14(2)24-17-8-4-6-10-19(17)27/h3-12H,1-2H3. The minimum absolute atomic E-state index is 0.822. The van der Waals surface area contributed by atoms with E-state index >= 15 is 0 Å². The van der Waals surface area contributed by atoms with E-state index in [4.69, 9.17) is 4.98 Å². The third-order valence-electron chi connectivity index (χ3n) is 4.68. The Morgan fingerprint density at radius 2 is 1.11 bits per heavy atom. The quantitative estimate of drug-likeness (QED) is 0.399. The van der Waals surface area contributed by atoms with Gasteiger partial charge in [-0.2, -0.15) is 0 Å². The highest BCUT2D eigenvalue weighted by Crippen LogP contribution is 2.26. The fourth-order valence-corrected chi connectivity index (χ4v) is 3.98. The third kappa shape index (κ3) is 2.56. The molecule has 5 nitrogen and oxygen atoms in total. The fourth-order valence-electron chi connectivity index (χ4n) is 3.57. The van der Waals surface area contributed by atoms with E-state index in [0.717, 1.165) is 49.8 Å². The lowest BCUT2D eigenvalue weighted by atomic mass is 10.3. The van der Waals surface area contributed by atoms with Crippen molar-refractivity contribution in [3.8, 4) is 11.6 Å². The highest BCUT2D eigenvalue weighted by atomic mass is 79.9. The molecule has 0 N–H and O–H groups in total. The lowest BCUT2D eigenvalue weighted by Crippen LogP contribution is -2.06. The van der Waals surface area contributed by atoms with E-state index in [1.807, 2.05) is 62.4 Å². The molecular weight excluding hydrogens is 402 g/mol. The molecular formula is C21H16BrN5. The van der Waals surface area contributed by atoms with E-state index in [-0.39, 0.29) is 0 Å². The lowest BCUT2D eigenvalue weighted by molar-refractivity contribution is 0.906. The number of fused-ring (bicyclic) bond motifs is 2. The lowest BCUT2D eigenvalue weighted by Gasteiger charge is -2.11. The molecule has 0 aliphatic rings. The van der Waals surface area contributed by atoms with Crippen molar-refractivity contribution < 1.29 is 0 Å². The Morgan fingerprint density at radius 1 is 0.667 bits per heavy atom. The van der Waals surface area contributed by atoms with Gasteiger partial charge in [0.25, 0.3) is 0 Å². The molecule has 3 heterocycles. The van der Waals surface area contributed by atoms with Crippen LogP contribution < -0.4 is 0 Å². The molecule has 0 amide bonds. The van der Waals surface area contributed by atoms with E-state index in [2.05, 4.69) is 47.2 Å². The van der Waals surface area contributed by atoms with Crippen LogP contribution in [-0.2, 0) is 0 Å². The van der Waals surface area contributed by atoms with E-state index in [1.54, 1.807) is 0 Å². The van der Waals surface area contributed by atoms with Gasteiger partial charge in [0.05, 0.1) is 22.1 Å². The first-order valence-corrected chi connectivity index (χ1v) is 9.47. The zero-order valence-corrected chi connectivity index (χ0v) is 16.5. The van der Waals surface area contributed by atoms with Crippen molar-refractivity contribution in [2.45, 2.75) is 13.8 Å². The maximum absolute atomic E-state index is 4.96. The Balaban J connectivity index is 1.79. The molecule has 132 valence electrons. The average Bonchev–Trinajstić information content (AvgIpc) is 3.16. The smallest absolute Gasteiger partial charge is 0.142 e. The summed E-state index contributed by atoms with van der Waals surface area (Å²) < 4.78 is 5.12. The van der Waals surface area contributed by atoms with Crippen LogP contribution >= 0.6 is 15.9 Å². The van der Waals surface area contributed by atoms with Gasteiger partial charge < -0.3 is 0 Å². The number of halogens is 1. The fraction of sp³-hybridized carbons (Fsp3) is 0.0952. The van der Waals surface area contributed by atoms with E-state index in [1.165, 1.54) is 0 Å². The van der Waals surface area contributed by atoms with Crippen LogP contribution in [0.25, 0.3) is 33.7 Å². The monoisotopic (exact) mass is 417 g/mol. The first-order chi connectivity index (χ1) is 13.1. The number of para-hydroxylation sites is 4. The topological polar surface area (TPSA) is 48.5 Å². The molecule has 2 aromatic carbocycles. The van der Waals surface area contributed by atoms with Gasteiger partial charge in [0.2, 0.25) is 0 Å². The number of imidazole rings is 2. The second-order valence-corrected chi connectivity index (χ2v) is 7.38. The van der Waals surface area contributed by atoms with Crippen molar-refractivity contribution in [1.82, 2.24) is 24.1 Å². The number of benzene rings is 2. The number of nitrogens with zero attached hydrogens (tertiary/aromatic N) is 5.